The topological polar surface area (TPSA) is 168 Å². The number of likely N-dealkylation sites (tertiary alicyclic amines) is 2. The van der Waals surface area contributed by atoms with E-state index in [0.717, 1.165) is 48.0 Å². The van der Waals surface area contributed by atoms with Crippen LogP contribution in [0.4, 0.5) is 10.5 Å². The van der Waals surface area contributed by atoms with Crippen LogP contribution in [0.5, 0.6) is 5.75 Å². The summed E-state index contributed by atoms with van der Waals surface area (Å²) in [5.74, 6) is -1.71. The van der Waals surface area contributed by atoms with Gasteiger partial charge in [-0.15, -0.1) is 0 Å². The molecule has 2 aromatic heterocycles. The van der Waals surface area contributed by atoms with E-state index in [2.05, 4.69) is 10.2 Å². The maximum atomic E-state index is 14.4. The summed E-state index contributed by atoms with van der Waals surface area (Å²) in [6, 6.07) is 22.4. The number of amides is 1. The summed E-state index contributed by atoms with van der Waals surface area (Å²) in [7, 11) is -3.66. The minimum atomic E-state index is -3.66. The van der Waals surface area contributed by atoms with Gasteiger partial charge in [0.25, 0.3) is 5.56 Å². The number of cyclic esters (lactones) is 1. The van der Waals surface area contributed by atoms with E-state index in [9.17, 15) is 23.7 Å². The van der Waals surface area contributed by atoms with Crippen LogP contribution in [0, 0.1) is 0 Å². The molecular formula is C54H63ClN5O10P. The fraction of sp³-hybridized carbons (Fsp3) is 0.463. The molecule has 9 rings (SSSR count). The minimum absolute atomic E-state index is 0.00178. The van der Waals surface area contributed by atoms with E-state index >= 15 is 0 Å². The van der Waals surface area contributed by atoms with E-state index in [1.54, 1.807) is 60.6 Å². The molecule has 1 amide bonds. The largest absolute Gasteiger partial charge is 0.457 e. The van der Waals surface area contributed by atoms with Crippen molar-refractivity contribution in [2.75, 3.05) is 44.7 Å². The van der Waals surface area contributed by atoms with Crippen LogP contribution in [0.1, 0.15) is 118 Å². The summed E-state index contributed by atoms with van der Waals surface area (Å²) < 4.78 is 44.8. The van der Waals surface area contributed by atoms with E-state index in [4.69, 9.17) is 39.8 Å². The molecule has 1 N–H and O–H groups in total. The predicted octanol–water partition coefficient (Wildman–Crippen LogP) is 10.7. The molecule has 3 aromatic carbocycles. The van der Waals surface area contributed by atoms with Crippen molar-refractivity contribution < 1.29 is 42.2 Å². The molecule has 4 aliphatic heterocycles. The average Bonchev–Trinajstić information content (AvgIpc) is 3.75. The normalized spacial score (nSPS) is 18.6. The Labute approximate surface area is 419 Å². The number of pyridine rings is 2. The van der Waals surface area contributed by atoms with Crippen LogP contribution < -0.4 is 15.6 Å². The maximum absolute atomic E-state index is 14.4. The Balaban J connectivity index is 0.884. The number of carbonyl (C=O) groups excluding carboxylic acids is 3. The van der Waals surface area contributed by atoms with Gasteiger partial charge in [-0.2, -0.15) is 0 Å². The molecule has 15 nitrogen and oxygen atoms in total. The first kappa shape index (κ1) is 50.4. The van der Waals surface area contributed by atoms with E-state index in [0.29, 0.717) is 82.9 Å². The van der Waals surface area contributed by atoms with Gasteiger partial charge >= 0.3 is 25.6 Å². The number of nitrogens with one attached hydrogen (secondary N) is 1. The van der Waals surface area contributed by atoms with Gasteiger partial charge in [-0.05, 0) is 144 Å². The molecule has 17 heteroatoms. The van der Waals surface area contributed by atoms with Crippen LogP contribution in [0.15, 0.2) is 77.6 Å². The third-order valence-corrected chi connectivity index (χ3v) is 17.0. The van der Waals surface area contributed by atoms with E-state index in [-0.39, 0.29) is 56.4 Å². The van der Waals surface area contributed by atoms with Gasteiger partial charge < -0.3 is 42.9 Å². The zero-order valence-corrected chi connectivity index (χ0v) is 42.7. The second-order valence-electron chi connectivity index (χ2n) is 18.7. The summed E-state index contributed by atoms with van der Waals surface area (Å²) in [4.78, 5) is 64.8. The van der Waals surface area contributed by atoms with Crippen LogP contribution in [-0.4, -0.2) is 82.8 Å². The standard InChI is InChI=1S/C54H63ClN5O10P/c1-5-41-42-31-40(69-53(64)59-28-24-39(25-29-59)58-26-10-9-11-27-58)22-23-46(42)57-49-43(41)33-60-47(49)32-45-44(51(60)62)34-66-52(63)54(45,6-2)70-48(61)17-12-14-35-18-20-38(21-19-35)56-50(36-15-13-16-37(55)30-36)71(65,67-7-3)68-8-4/h13,15-16,18-23,30-32,39,50,56H,5-12,14,17,24-29,33-34H2,1-4H3. The molecule has 2 atom stereocenters. The van der Waals surface area contributed by atoms with Crippen LogP contribution >= 0.6 is 19.2 Å². The monoisotopic (exact) mass is 1010 g/mol. The van der Waals surface area contributed by atoms with E-state index < -0.39 is 30.9 Å². The number of anilines is 1. The number of halogens is 1. The number of carbonyl (C=O) groups is 3. The fourth-order valence-corrected chi connectivity index (χ4v) is 12.9. The number of aromatic nitrogens is 2. The molecule has 376 valence electrons. The third-order valence-electron chi connectivity index (χ3n) is 14.4. The van der Waals surface area contributed by atoms with Gasteiger partial charge in [0.05, 0.1) is 42.2 Å². The summed E-state index contributed by atoms with van der Waals surface area (Å²) in [5.41, 5.74) is 4.35. The lowest BCUT2D eigenvalue weighted by Crippen LogP contribution is -2.48. The van der Waals surface area contributed by atoms with Crippen LogP contribution in [0.2, 0.25) is 5.02 Å². The van der Waals surface area contributed by atoms with Gasteiger partial charge in [0.15, 0.2) is 5.78 Å². The maximum Gasteiger partial charge on any atom is 0.415 e. The molecule has 0 radical (unpaired) electrons. The Morgan fingerprint density at radius 2 is 1.66 bits per heavy atom. The van der Waals surface area contributed by atoms with Crippen LogP contribution in [-0.2, 0) is 64.3 Å². The smallest absolute Gasteiger partial charge is 0.415 e. The van der Waals surface area contributed by atoms with Gasteiger partial charge in [0.2, 0.25) is 5.60 Å². The first-order valence-electron chi connectivity index (χ1n) is 25.2. The molecule has 0 bridgehead atoms. The minimum Gasteiger partial charge on any atom is -0.457 e. The number of ether oxygens (including phenoxy) is 3. The summed E-state index contributed by atoms with van der Waals surface area (Å²) in [5, 5.41) is 4.66. The Morgan fingerprint density at radius 1 is 0.915 bits per heavy atom. The number of piperidine rings is 2. The zero-order valence-electron chi connectivity index (χ0n) is 41.0. The number of aryl methyl sites for hydroxylation is 2. The van der Waals surface area contributed by atoms with Crippen molar-refractivity contribution in [3.63, 3.8) is 0 Å². The number of hydrogen-bond donors (Lipinski definition) is 1. The van der Waals surface area contributed by atoms with Crippen LogP contribution in [0.25, 0.3) is 22.3 Å². The highest BCUT2D eigenvalue weighted by atomic mass is 35.5. The summed E-state index contributed by atoms with van der Waals surface area (Å²) >= 11 is 6.32. The molecule has 6 heterocycles. The average molecular weight is 1010 g/mol. The lowest BCUT2D eigenvalue weighted by atomic mass is 9.85. The number of rotatable bonds is 17. The Kier molecular flexibility index (Phi) is 15.4. The van der Waals surface area contributed by atoms with Crippen molar-refractivity contribution in [3.8, 4) is 17.1 Å². The van der Waals surface area contributed by atoms with Crippen molar-refractivity contribution in [1.82, 2.24) is 19.4 Å². The molecule has 0 saturated carbocycles. The Hall–Kier alpha value is -5.57. The number of benzene rings is 3. The van der Waals surface area contributed by atoms with Crippen molar-refractivity contribution in [1.29, 1.82) is 0 Å². The third kappa shape index (κ3) is 10.3. The molecule has 0 spiro atoms. The van der Waals surface area contributed by atoms with E-state index in [1.165, 1.54) is 19.3 Å². The molecule has 71 heavy (non-hydrogen) atoms. The molecule has 5 aromatic rings. The molecule has 2 saturated heterocycles. The van der Waals surface area contributed by atoms with Gasteiger partial charge in [-0.25, -0.2) is 14.6 Å². The van der Waals surface area contributed by atoms with Gasteiger partial charge in [-0.1, -0.05) is 56.1 Å². The van der Waals surface area contributed by atoms with Gasteiger partial charge in [0, 0.05) is 52.8 Å². The highest BCUT2D eigenvalue weighted by Gasteiger charge is 2.50. The predicted molar refractivity (Wildman–Crippen MR) is 272 cm³/mol. The van der Waals surface area contributed by atoms with Crippen molar-refractivity contribution in [3.05, 3.63) is 122 Å². The van der Waals surface area contributed by atoms with Crippen molar-refractivity contribution in [2.45, 2.75) is 122 Å². The first-order chi connectivity index (χ1) is 34.4. The highest BCUT2D eigenvalue weighted by Crippen LogP contribution is 2.61. The second-order valence-corrected chi connectivity index (χ2v) is 21.3. The first-order valence-corrected chi connectivity index (χ1v) is 27.2. The second kappa shape index (κ2) is 21.6. The highest BCUT2D eigenvalue weighted by molar-refractivity contribution is 7.54. The number of esters is 2. The Morgan fingerprint density at radius 3 is 2.35 bits per heavy atom. The van der Waals surface area contributed by atoms with Gasteiger partial charge in [0.1, 0.15) is 12.4 Å². The summed E-state index contributed by atoms with van der Waals surface area (Å²) in [6.45, 7) is 11.3. The fourth-order valence-electron chi connectivity index (χ4n) is 10.8. The molecule has 4 aliphatic rings. The number of nitrogens with zero attached hydrogens (tertiary/aromatic N) is 4. The van der Waals surface area contributed by atoms with E-state index in [1.807, 2.05) is 49.4 Å². The number of fused-ring (bicyclic) bond motifs is 5. The number of hydrogen-bond acceptors (Lipinski definition) is 13. The van der Waals surface area contributed by atoms with Gasteiger partial charge in [-0.3, -0.25) is 14.2 Å². The van der Waals surface area contributed by atoms with Crippen LogP contribution in [0.3, 0.4) is 0 Å². The quantitative estimate of drug-likeness (QED) is 0.0678. The molecule has 2 fully saturated rings. The van der Waals surface area contributed by atoms with Crippen molar-refractivity contribution in [2.24, 2.45) is 0 Å². The lowest BCUT2D eigenvalue weighted by molar-refractivity contribution is -0.189. The van der Waals surface area contributed by atoms with Crippen molar-refractivity contribution >= 4 is 53.8 Å². The lowest BCUT2D eigenvalue weighted by Gasteiger charge is -2.39. The summed E-state index contributed by atoms with van der Waals surface area (Å²) in [6.07, 6.45) is 6.93. The molecule has 2 unspecified atom stereocenters. The Bertz CT molecular complexity index is 2910. The molecule has 0 aliphatic carbocycles. The molecular weight excluding hydrogens is 945 g/mol. The SMILES string of the molecule is CCOP(=O)(OCC)C(Nc1ccc(CCCC(=O)OC2(CC)C(=O)OCc3c2cc2n(c3=O)Cc3c-2nc2ccc(OC(=O)N4CCC(N5CCCCC5)CC4)cc2c3CC)cc1)c1cccc(Cl)c1. The zero-order chi connectivity index (χ0) is 49.9.